The number of hydrogen-bond acceptors (Lipinski definition) is 4. The van der Waals surface area contributed by atoms with Gasteiger partial charge in [0.1, 0.15) is 11.5 Å². The maximum Gasteiger partial charge on any atom is 0.122 e. The van der Waals surface area contributed by atoms with Crippen LogP contribution in [0.2, 0.25) is 0 Å². The van der Waals surface area contributed by atoms with Gasteiger partial charge in [-0.3, -0.25) is 0 Å². The Balaban J connectivity index is 0.000000186. The normalized spacial score (nSPS) is 16.1. The first-order valence-corrected chi connectivity index (χ1v) is 17.0. The van der Waals surface area contributed by atoms with Crippen molar-refractivity contribution in [3.8, 4) is 11.5 Å². The number of aryl methyl sites for hydroxylation is 1. The summed E-state index contributed by atoms with van der Waals surface area (Å²) in [6.07, 6.45) is 7.62. The predicted molar refractivity (Wildman–Crippen MR) is 203 cm³/mol. The van der Waals surface area contributed by atoms with Crippen LogP contribution in [-0.2, 0) is 19.3 Å². The summed E-state index contributed by atoms with van der Waals surface area (Å²) in [5.41, 5.74) is 10.7. The smallest absolute Gasteiger partial charge is 0.122 e. The number of hydrogen-bond donors (Lipinski definition) is 2. The van der Waals surface area contributed by atoms with Gasteiger partial charge in [0.2, 0.25) is 0 Å². The predicted octanol–water partition coefficient (Wildman–Crippen LogP) is 10.3. The molecule has 0 spiro atoms. The standard InChI is InChI=1S/C23H25NO.C20H23NO.CH4/c1-16(20-11-5-8-17-7-3-4-10-21(17)20)24-19-13-14-22-18(15-19)9-6-12-23(22)25-2;1-14-7-9-16(10-8-14)15(2)21-18-11-12-19-17(13-18)5-4-6-20(19)22-3;/h3-12,16,19,24H,13-15H2,1-2H3;4-10,13,15,21H,11-12H2,1-3H3;1H4/t16-,19?;15-;/m11./s1. The van der Waals surface area contributed by atoms with Crippen molar-refractivity contribution < 1.29 is 9.47 Å². The highest BCUT2D eigenvalue weighted by molar-refractivity contribution is 5.86. The maximum atomic E-state index is 5.53. The molecule has 0 amide bonds. The van der Waals surface area contributed by atoms with E-state index in [4.69, 9.17) is 9.47 Å². The van der Waals surface area contributed by atoms with Gasteiger partial charge in [0.25, 0.3) is 0 Å². The van der Waals surface area contributed by atoms with Crippen molar-refractivity contribution in [3.05, 3.63) is 148 Å². The minimum Gasteiger partial charge on any atom is -0.496 e. The zero-order valence-electron chi connectivity index (χ0n) is 28.5. The van der Waals surface area contributed by atoms with E-state index >= 15 is 0 Å². The molecule has 0 aromatic heterocycles. The van der Waals surface area contributed by atoms with Crippen molar-refractivity contribution in [2.75, 3.05) is 14.2 Å². The molecule has 0 aliphatic heterocycles. The van der Waals surface area contributed by atoms with Crippen molar-refractivity contribution in [1.29, 1.82) is 0 Å². The first-order valence-electron chi connectivity index (χ1n) is 17.0. The van der Waals surface area contributed by atoms with Crippen LogP contribution in [0.25, 0.3) is 16.8 Å². The molecule has 7 rings (SSSR count). The van der Waals surface area contributed by atoms with E-state index in [1.807, 2.05) is 6.07 Å². The second kappa shape index (κ2) is 16.0. The van der Waals surface area contributed by atoms with E-state index in [9.17, 15) is 0 Å². The molecule has 2 N–H and O–H groups in total. The van der Waals surface area contributed by atoms with E-state index in [0.29, 0.717) is 18.1 Å². The van der Waals surface area contributed by atoms with Gasteiger partial charge < -0.3 is 20.1 Å². The number of methoxy groups -OCH3 is 2. The fraction of sp³-hybridized carbons (Fsp3) is 0.318. The average Bonchev–Trinajstić information content (AvgIpc) is 3.11. The molecule has 0 saturated heterocycles. The lowest BCUT2D eigenvalue weighted by Gasteiger charge is -2.30. The summed E-state index contributed by atoms with van der Waals surface area (Å²) in [4.78, 5) is 0. The highest BCUT2D eigenvalue weighted by Gasteiger charge is 2.23. The fourth-order valence-corrected chi connectivity index (χ4v) is 7.20. The van der Waals surface area contributed by atoms with Gasteiger partial charge in [-0.1, -0.05) is 104 Å². The van der Waals surface area contributed by atoms with Gasteiger partial charge in [-0.25, -0.2) is 0 Å². The third-order valence-corrected chi connectivity index (χ3v) is 9.78. The topological polar surface area (TPSA) is 42.5 Å². The van der Waals surface area contributed by atoms with Crippen LogP contribution in [0.15, 0.2) is 109 Å². The molecule has 5 aromatic carbocycles. The zero-order chi connectivity index (χ0) is 32.8. The van der Waals surface area contributed by atoms with Gasteiger partial charge in [0.05, 0.1) is 14.2 Å². The van der Waals surface area contributed by atoms with Gasteiger partial charge in [-0.2, -0.15) is 0 Å². The van der Waals surface area contributed by atoms with E-state index in [-0.39, 0.29) is 7.43 Å². The molecule has 4 heteroatoms. The van der Waals surface area contributed by atoms with Crippen molar-refractivity contribution >= 4 is 16.8 Å². The Kier molecular flexibility index (Phi) is 11.6. The average molecular weight is 641 g/mol. The Bertz CT molecular complexity index is 1840. The van der Waals surface area contributed by atoms with Crippen LogP contribution >= 0.6 is 0 Å². The van der Waals surface area contributed by atoms with E-state index in [2.05, 4.69) is 135 Å². The molecule has 2 aliphatic rings. The lowest BCUT2D eigenvalue weighted by Crippen LogP contribution is -2.36. The minimum absolute atomic E-state index is 0. The van der Waals surface area contributed by atoms with Gasteiger partial charge in [0, 0.05) is 29.4 Å². The van der Waals surface area contributed by atoms with Crippen molar-refractivity contribution in [1.82, 2.24) is 10.6 Å². The van der Waals surface area contributed by atoms with Crippen molar-refractivity contribution in [2.45, 2.75) is 78.4 Å². The summed E-state index contributed by atoms with van der Waals surface area (Å²) < 4.78 is 11.0. The molecule has 5 aromatic rings. The summed E-state index contributed by atoms with van der Waals surface area (Å²) in [5, 5.41) is 10.2. The number of rotatable bonds is 8. The van der Waals surface area contributed by atoms with Crippen LogP contribution in [0.3, 0.4) is 0 Å². The van der Waals surface area contributed by atoms with E-state index in [1.165, 1.54) is 55.4 Å². The molecule has 250 valence electrons. The molecule has 0 bridgehead atoms. The zero-order valence-corrected chi connectivity index (χ0v) is 28.5. The number of fused-ring (bicyclic) bond motifs is 3. The molecule has 1 unspecified atom stereocenters. The van der Waals surface area contributed by atoms with Crippen molar-refractivity contribution in [3.63, 3.8) is 0 Å². The first kappa shape index (κ1) is 34.8. The Hall–Kier alpha value is -4.54. The van der Waals surface area contributed by atoms with Crippen molar-refractivity contribution in [2.24, 2.45) is 0 Å². The molecule has 48 heavy (non-hydrogen) atoms. The molecule has 4 nitrogen and oxygen atoms in total. The van der Waals surface area contributed by atoms with Gasteiger partial charge >= 0.3 is 0 Å². The first-order chi connectivity index (χ1) is 22.9. The molecule has 0 radical (unpaired) electrons. The molecule has 2 aliphatic carbocycles. The van der Waals surface area contributed by atoms with Crippen LogP contribution in [0.4, 0.5) is 0 Å². The Morgan fingerprint density at radius 3 is 2.15 bits per heavy atom. The molecular formula is C44H52N2O2. The summed E-state index contributed by atoms with van der Waals surface area (Å²) in [7, 11) is 3.51. The largest absolute Gasteiger partial charge is 0.496 e. The Morgan fingerprint density at radius 2 is 1.38 bits per heavy atom. The van der Waals surface area contributed by atoms with Crippen LogP contribution in [0, 0.1) is 6.92 Å². The maximum absolute atomic E-state index is 5.53. The molecule has 0 heterocycles. The van der Waals surface area contributed by atoms with Crippen LogP contribution < -0.4 is 20.1 Å². The summed E-state index contributed by atoms with van der Waals surface area (Å²) in [6, 6.07) is 37.8. The van der Waals surface area contributed by atoms with Gasteiger partial charge in [-0.05, 0) is 110 Å². The second-order valence-electron chi connectivity index (χ2n) is 13.0. The Morgan fingerprint density at radius 1 is 0.688 bits per heavy atom. The third-order valence-electron chi connectivity index (χ3n) is 9.78. The minimum atomic E-state index is 0. The molecular weight excluding hydrogens is 588 g/mol. The lowest BCUT2D eigenvalue weighted by atomic mass is 9.87. The summed E-state index contributed by atoms with van der Waals surface area (Å²) in [5.74, 6) is 2.04. The molecule has 0 fully saturated rings. The quantitative estimate of drug-likeness (QED) is 0.177. The SMILES string of the molecule is C.COc1cccc2c1CCC(N[C@H](C)c1ccc(C)cc1)=C2.COc1cccc2c1CCC(N[C@H](C)c1cccc3ccccc13)C2. The third kappa shape index (κ3) is 7.94. The molecule has 3 atom stereocenters. The lowest BCUT2D eigenvalue weighted by molar-refractivity contribution is 0.387. The van der Waals surface area contributed by atoms with E-state index in [1.54, 1.807) is 14.2 Å². The number of benzene rings is 5. The summed E-state index contributed by atoms with van der Waals surface area (Å²) >= 11 is 0. The number of ether oxygens (including phenoxy) is 2. The number of allylic oxidation sites excluding steroid dienone is 1. The molecule has 0 saturated carbocycles. The van der Waals surface area contributed by atoms with E-state index in [0.717, 1.165) is 43.6 Å². The fourth-order valence-electron chi connectivity index (χ4n) is 7.20. The van der Waals surface area contributed by atoms with E-state index < -0.39 is 0 Å². The monoisotopic (exact) mass is 640 g/mol. The Labute approximate surface area is 288 Å². The van der Waals surface area contributed by atoms with Crippen LogP contribution in [-0.4, -0.2) is 20.3 Å². The summed E-state index contributed by atoms with van der Waals surface area (Å²) in [6.45, 7) is 6.62. The van der Waals surface area contributed by atoms with Crippen LogP contribution in [0.1, 0.15) is 85.1 Å². The highest BCUT2D eigenvalue weighted by Crippen LogP contribution is 2.33. The number of nitrogens with one attached hydrogen (secondary N) is 2. The van der Waals surface area contributed by atoms with Gasteiger partial charge in [-0.15, -0.1) is 0 Å². The second-order valence-corrected chi connectivity index (χ2v) is 13.0. The van der Waals surface area contributed by atoms with Crippen LogP contribution in [0.5, 0.6) is 11.5 Å². The highest BCUT2D eigenvalue weighted by atomic mass is 16.5. The van der Waals surface area contributed by atoms with Gasteiger partial charge in [0.15, 0.2) is 0 Å².